The maximum atomic E-state index is 4.42. The molecular weight excluding hydrogens is 360 g/mol. The third kappa shape index (κ3) is 5.42. The number of benzene rings is 1. The van der Waals surface area contributed by atoms with Crippen LogP contribution in [0.5, 0.6) is 0 Å². The van der Waals surface area contributed by atoms with Crippen LogP contribution in [0.3, 0.4) is 0 Å². The Bertz CT molecular complexity index is 676. The minimum Gasteiger partial charge on any atom is -0.370 e. The number of anilines is 1. The first kappa shape index (κ1) is 19.1. The summed E-state index contributed by atoms with van der Waals surface area (Å²) in [6, 6.07) is 13.2. The number of guanidine groups is 1. The topological polar surface area (TPSA) is 30.9 Å². The van der Waals surface area contributed by atoms with E-state index in [-0.39, 0.29) is 0 Å². The standard InChI is InChI=1S/C20H28N4S2/c1-21-20(23(2)10-9-19-4-3-13-26-19)22-16-17-5-7-18(8-6-17)24-11-14-25-15-12-24/h3-8,13H,9-12,14-16H2,1-2H3,(H,21,22). The smallest absolute Gasteiger partial charge is 0.193 e. The molecule has 2 aromatic rings. The van der Waals surface area contributed by atoms with E-state index < -0.39 is 0 Å². The molecule has 2 heterocycles. The van der Waals surface area contributed by atoms with E-state index in [1.165, 1.54) is 27.6 Å². The second kappa shape index (κ2) is 9.88. The first-order valence-corrected chi connectivity index (χ1v) is 11.2. The molecule has 0 saturated carbocycles. The number of nitrogens with one attached hydrogen (secondary N) is 1. The molecule has 6 heteroatoms. The Hall–Kier alpha value is -1.66. The Morgan fingerprint density at radius 1 is 1.19 bits per heavy atom. The summed E-state index contributed by atoms with van der Waals surface area (Å²) in [5, 5.41) is 5.61. The minimum absolute atomic E-state index is 0.798. The van der Waals surface area contributed by atoms with Crippen molar-refractivity contribution in [3.05, 3.63) is 52.2 Å². The predicted molar refractivity (Wildman–Crippen MR) is 117 cm³/mol. The molecule has 0 spiro atoms. The van der Waals surface area contributed by atoms with E-state index in [0.717, 1.165) is 38.6 Å². The number of hydrogen-bond donors (Lipinski definition) is 1. The third-order valence-electron chi connectivity index (χ3n) is 4.61. The van der Waals surface area contributed by atoms with Crippen molar-refractivity contribution >= 4 is 34.7 Å². The quantitative estimate of drug-likeness (QED) is 0.606. The van der Waals surface area contributed by atoms with Crippen molar-refractivity contribution in [3.8, 4) is 0 Å². The monoisotopic (exact) mass is 388 g/mol. The van der Waals surface area contributed by atoms with Gasteiger partial charge in [-0.05, 0) is 35.6 Å². The van der Waals surface area contributed by atoms with Crippen LogP contribution in [-0.2, 0) is 13.0 Å². The lowest BCUT2D eigenvalue weighted by Crippen LogP contribution is -2.39. The first-order valence-electron chi connectivity index (χ1n) is 9.12. The summed E-state index contributed by atoms with van der Waals surface area (Å²) < 4.78 is 0. The molecule has 1 fully saturated rings. The number of likely N-dealkylation sites (N-methyl/N-ethyl adjacent to an activating group) is 1. The van der Waals surface area contributed by atoms with Gasteiger partial charge in [0, 0.05) is 62.3 Å². The lowest BCUT2D eigenvalue weighted by Gasteiger charge is -2.28. The fraction of sp³-hybridized carbons (Fsp3) is 0.450. The Morgan fingerprint density at radius 3 is 2.62 bits per heavy atom. The summed E-state index contributed by atoms with van der Waals surface area (Å²) in [4.78, 5) is 10.5. The highest BCUT2D eigenvalue weighted by atomic mass is 32.2. The van der Waals surface area contributed by atoms with Crippen molar-refractivity contribution in [2.75, 3.05) is 50.1 Å². The fourth-order valence-electron chi connectivity index (χ4n) is 3.05. The van der Waals surface area contributed by atoms with Gasteiger partial charge in [0.2, 0.25) is 0 Å². The van der Waals surface area contributed by atoms with Gasteiger partial charge in [-0.25, -0.2) is 0 Å². The lowest BCUT2D eigenvalue weighted by molar-refractivity contribution is 0.486. The van der Waals surface area contributed by atoms with Gasteiger partial charge in [-0.2, -0.15) is 11.8 Å². The molecule has 0 aliphatic carbocycles. The van der Waals surface area contributed by atoms with Gasteiger partial charge in [-0.15, -0.1) is 11.3 Å². The Kier molecular flexibility index (Phi) is 7.26. The predicted octanol–water partition coefficient (Wildman–Crippen LogP) is 3.55. The highest BCUT2D eigenvalue weighted by Gasteiger charge is 2.11. The third-order valence-corrected chi connectivity index (χ3v) is 6.49. The second-order valence-electron chi connectivity index (χ2n) is 6.42. The average Bonchev–Trinajstić information content (AvgIpc) is 3.22. The van der Waals surface area contributed by atoms with E-state index in [4.69, 9.17) is 0 Å². The van der Waals surface area contributed by atoms with Crippen molar-refractivity contribution in [1.29, 1.82) is 0 Å². The van der Waals surface area contributed by atoms with Gasteiger partial charge in [0.1, 0.15) is 0 Å². The van der Waals surface area contributed by atoms with E-state index in [1.54, 1.807) is 0 Å². The van der Waals surface area contributed by atoms with Gasteiger partial charge in [-0.1, -0.05) is 18.2 Å². The molecule has 1 aromatic carbocycles. The van der Waals surface area contributed by atoms with Gasteiger partial charge in [0.05, 0.1) is 0 Å². The number of aliphatic imine (C=N–C) groups is 1. The maximum absolute atomic E-state index is 4.42. The zero-order chi connectivity index (χ0) is 18.2. The van der Waals surface area contributed by atoms with E-state index in [0.29, 0.717) is 0 Å². The fourth-order valence-corrected chi connectivity index (χ4v) is 4.65. The highest BCUT2D eigenvalue weighted by Crippen LogP contribution is 2.19. The van der Waals surface area contributed by atoms with E-state index in [1.807, 2.05) is 30.1 Å². The number of hydrogen-bond acceptors (Lipinski definition) is 4. The highest BCUT2D eigenvalue weighted by molar-refractivity contribution is 7.99. The van der Waals surface area contributed by atoms with Crippen LogP contribution in [-0.4, -0.2) is 56.1 Å². The number of rotatable bonds is 6. The van der Waals surface area contributed by atoms with E-state index in [2.05, 4.69) is 68.9 Å². The Balaban J connectivity index is 1.48. The summed E-state index contributed by atoms with van der Waals surface area (Å²) in [5.41, 5.74) is 2.62. The van der Waals surface area contributed by atoms with Crippen LogP contribution >= 0.6 is 23.1 Å². The van der Waals surface area contributed by atoms with Crippen LogP contribution in [0.15, 0.2) is 46.8 Å². The van der Waals surface area contributed by atoms with Gasteiger partial charge in [-0.3, -0.25) is 4.99 Å². The number of nitrogens with zero attached hydrogens (tertiary/aromatic N) is 3. The van der Waals surface area contributed by atoms with Crippen LogP contribution in [0.25, 0.3) is 0 Å². The molecule has 0 radical (unpaired) electrons. The van der Waals surface area contributed by atoms with Gasteiger partial charge < -0.3 is 15.1 Å². The van der Waals surface area contributed by atoms with E-state index in [9.17, 15) is 0 Å². The summed E-state index contributed by atoms with van der Waals surface area (Å²) in [6.07, 6.45) is 1.05. The van der Waals surface area contributed by atoms with Crippen molar-refractivity contribution in [2.45, 2.75) is 13.0 Å². The first-order chi connectivity index (χ1) is 12.8. The Labute approximate surface area is 165 Å². The zero-order valence-electron chi connectivity index (χ0n) is 15.6. The molecule has 1 aromatic heterocycles. The van der Waals surface area contributed by atoms with Crippen LogP contribution in [0.2, 0.25) is 0 Å². The van der Waals surface area contributed by atoms with Gasteiger partial charge >= 0.3 is 0 Å². The van der Waals surface area contributed by atoms with E-state index >= 15 is 0 Å². The van der Waals surface area contributed by atoms with Crippen LogP contribution < -0.4 is 10.2 Å². The molecule has 1 N–H and O–H groups in total. The SMILES string of the molecule is CN=C(NCc1ccc(N2CCSCC2)cc1)N(C)CCc1cccs1. The van der Waals surface area contributed by atoms with Crippen LogP contribution in [0.1, 0.15) is 10.4 Å². The molecule has 1 aliphatic heterocycles. The van der Waals surface area contributed by atoms with Gasteiger partial charge in [0.25, 0.3) is 0 Å². The minimum atomic E-state index is 0.798. The van der Waals surface area contributed by atoms with Crippen molar-refractivity contribution in [2.24, 2.45) is 4.99 Å². The zero-order valence-corrected chi connectivity index (χ0v) is 17.3. The van der Waals surface area contributed by atoms with Crippen molar-refractivity contribution in [1.82, 2.24) is 10.2 Å². The number of thiophene rings is 1. The lowest BCUT2D eigenvalue weighted by atomic mass is 10.2. The molecule has 1 saturated heterocycles. The molecule has 0 unspecified atom stereocenters. The molecule has 26 heavy (non-hydrogen) atoms. The maximum Gasteiger partial charge on any atom is 0.193 e. The van der Waals surface area contributed by atoms with Crippen LogP contribution in [0, 0.1) is 0 Å². The molecule has 4 nitrogen and oxygen atoms in total. The largest absolute Gasteiger partial charge is 0.370 e. The molecule has 3 rings (SSSR count). The molecular formula is C20H28N4S2. The second-order valence-corrected chi connectivity index (χ2v) is 8.67. The summed E-state index contributed by atoms with van der Waals surface area (Å²) in [7, 11) is 3.95. The summed E-state index contributed by atoms with van der Waals surface area (Å²) in [5.74, 6) is 3.41. The molecule has 0 amide bonds. The normalized spacial score (nSPS) is 15.2. The summed E-state index contributed by atoms with van der Waals surface area (Å²) >= 11 is 3.86. The summed E-state index contributed by atoms with van der Waals surface area (Å²) in [6.45, 7) is 4.08. The number of thioether (sulfide) groups is 1. The van der Waals surface area contributed by atoms with Crippen LogP contribution in [0.4, 0.5) is 5.69 Å². The van der Waals surface area contributed by atoms with Gasteiger partial charge in [0.15, 0.2) is 5.96 Å². The average molecular weight is 389 g/mol. The molecule has 140 valence electrons. The van der Waals surface area contributed by atoms with Crippen molar-refractivity contribution in [3.63, 3.8) is 0 Å². The van der Waals surface area contributed by atoms with Crippen molar-refractivity contribution < 1.29 is 0 Å². The molecule has 0 bridgehead atoms. The Morgan fingerprint density at radius 2 is 1.96 bits per heavy atom. The molecule has 0 atom stereocenters. The molecule has 1 aliphatic rings.